The summed E-state index contributed by atoms with van der Waals surface area (Å²) in [7, 11) is 1.44. The summed E-state index contributed by atoms with van der Waals surface area (Å²) in [5, 5.41) is 0. The molecule has 0 atom stereocenters. The minimum absolute atomic E-state index is 0.0353. The van der Waals surface area contributed by atoms with Crippen LogP contribution in [0.5, 0.6) is 11.5 Å². The zero-order chi connectivity index (χ0) is 18.8. The fourth-order valence-electron chi connectivity index (χ4n) is 3.15. The van der Waals surface area contributed by atoms with Crippen molar-refractivity contribution in [3.8, 4) is 11.5 Å². The van der Waals surface area contributed by atoms with Crippen LogP contribution in [0.15, 0.2) is 46.9 Å². The van der Waals surface area contributed by atoms with Gasteiger partial charge >= 0.3 is 6.61 Å². The van der Waals surface area contributed by atoms with Crippen LogP contribution in [0.2, 0.25) is 0 Å². The Hall–Kier alpha value is -2.67. The second-order valence-corrected chi connectivity index (χ2v) is 6.58. The van der Waals surface area contributed by atoms with Crippen molar-refractivity contribution in [3.63, 3.8) is 0 Å². The molecule has 0 radical (unpaired) electrons. The van der Waals surface area contributed by atoms with E-state index in [1.807, 2.05) is 24.3 Å². The molecule has 0 aliphatic heterocycles. The number of rotatable bonds is 8. The molecule has 1 heterocycles. The second kappa shape index (κ2) is 7.52. The van der Waals surface area contributed by atoms with Crippen molar-refractivity contribution in [2.75, 3.05) is 7.11 Å². The van der Waals surface area contributed by atoms with Gasteiger partial charge in [0.25, 0.3) is 0 Å². The number of benzene rings is 2. The molecule has 4 rings (SSSR count). The molecule has 142 valence electrons. The van der Waals surface area contributed by atoms with Crippen LogP contribution in [0.4, 0.5) is 8.78 Å². The van der Waals surface area contributed by atoms with Crippen molar-refractivity contribution < 1.29 is 22.7 Å². The van der Waals surface area contributed by atoms with Crippen LogP contribution >= 0.6 is 0 Å². The first kappa shape index (κ1) is 17.7. The molecule has 1 saturated carbocycles. The van der Waals surface area contributed by atoms with Gasteiger partial charge in [0.1, 0.15) is 5.52 Å². The first-order chi connectivity index (χ1) is 13.1. The molecular weight excluding hydrogens is 354 g/mol. The van der Waals surface area contributed by atoms with Crippen LogP contribution in [0, 0.1) is 0 Å². The van der Waals surface area contributed by atoms with Gasteiger partial charge in [-0.15, -0.1) is 0 Å². The number of hydrogen-bond donors (Lipinski definition) is 0. The van der Waals surface area contributed by atoms with Gasteiger partial charge < -0.3 is 13.9 Å². The van der Waals surface area contributed by atoms with E-state index in [9.17, 15) is 8.78 Å². The van der Waals surface area contributed by atoms with Crippen LogP contribution in [0.1, 0.15) is 24.3 Å². The number of para-hydroxylation sites is 2. The molecule has 2 aromatic carbocycles. The van der Waals surface area contributed by atoms with Crippen LogP contribution in [-0.2, 0) is 13.1 Å². The van der Waals surface area contributed by atoms with Crippen molar-refractivity contribution >= 4 is 11.1 Å². The molecule has 7 heteroatoms. The van der Waals surface area contributed by atoms with Gasteiger partial charge in [0.05, 0.1) is 13.7 Å². The number of fused-ring (bicyclic) bond motifs is 1. The van der Waals surface area contributed by atoms with Gasteiger partial charge in [-0.25, -0.2) is 4.98 Å². The first-order valence-electron chi connectivity index (χ1n) is 8.82. The van der Waals surface area contributed by atoms with Crippen molar-refractivity contribution in [1.29, 1.82) is 0 Å². The molecule has 3 aromatic rings. The summed E-state index contributed by atoms with van der Waals surface area (Å²) in [6.45, 7) is -1.64. The molecule has 1 fully saturated rings. The Morgan fingerprint density at radius 3 is 2.67 bits per heavy atom. The third kappa shape index (κ3) is 4.19. The molecule has 1 aliphatic carbocycles. The van der Waals surface area contributed by atoms with E-state index >= 15 is 0 Å². The van der Waals surface area contributed by atoms with Crippen LogP contribution in [0.25, 0.3) is 11.1 Å². The number of halogens is 2. The normalized spacial score (nSPS) is 14.3. The Kier molecular flexibility index (Phi) is 4.94. The molecule has 1 aromatic heterocycles. The van der Waals surface area contributed by atoms with Crippen molar-refractivity contribution in [2.24, 2.45) is 0 Å². The number of alkyl halides is 2. The molecule has 0 spiro atoms. The number of hydrogen-bond acceptors (Lipinski definition) is 5. The predicted molar refractivity (Wildman–Crippen MR) is 95.9 cm³/mol. The summed E-state index contributed by atoms with van der Waals surface area (Å²) < 4.78 is 40.5. The second-order valence-electron chi connectivity index (χ2n) is 6.58. The van der Waals surface area contributed by atoms with Gasteiger partial charge in [-0.05, 0) is 42.7 Å². The smallest absolute Gasteiger partial charge is 0.387 e. The zero-order valence-corrected chi connectivity index (χ0v) is 14.9. The third-order valence-electron chi connectivity index (χ3n) is 4.57. The molecule has 0 N–H and O–H groups in total. The van der Waals surface area contributed by atoms with E-state index in [0.29, 0.717) is 30.8 Å². The highest BCUT2D eigenvalue weighted by Gasteiger charge is 2.30. The molecule has 27 heavy (non-hydrogen) atoms. The lowest BCUT2D eigenvalue weighted by Gasteiger charge is -2.21. The summed E-state index contributed by atoms with van der Waals surface area (Å²) in [5.41, 5.74) is 2.58. The predicted octanol–water partition coefficient (Wildman–Crippen LogP) is 4.60. The monoisotopic (exact) mass is 374 g/mol. The van der Waals surface area contributed by atoms with E-state index in [1.165, 1.54) is 13.2 Å². The lowest BCUT2D eigenvalue weighted by molar-refractivity contribution is -0.0512. The van der Waals surface area contributed by atoms with Crippen LogP contribution in [0.3, 0.4) is 0 Å². The van der Waals surface area contributed by atoms with Crippen molar-refractivity contribution in [3.05, 3.63) is 53.9 Å². The third-order valence-corrected chi connectivity index (χ3v) is 4.57. The standard InChI is InChI=1S/C20H20F2N2O3/c1-25-18-10-13(6-9-17(18)27-20(21)22)11-24(14-7-8-14)12-19-23-15-4-2-3-5-16(15)26-19/h2-6,9-10,14,20H,7-8,11-12H2,1H3. The molecular formula is C20H20F2N2O3. The number of nitrogens with zero attached hydrogens (tertiary/aromatic N) is 2. The van der Waals surface area contributed by atoms with E-state index in [-0.39, 0.29) is 5.75 Å². The van der Waals surface area contributed by atoms with Gasteiger partial charge in [0.2, 0.25) is 5.89 Å². The maximum atomic E-state index is 12.5. The Balaban J connectivity index is 1.51. The van der Waals surface area contributed by atoms with E-state index in [1.54, 1.807) is 12.1 Å². The average molecular weight is 374 g/mol. The number of methoxy groups -OCH3 is 1. The minimum atomic E-state index is -2.88. The highest BCUT2D eigenvalue weighted by atomic mass is 19.3. The maximum Gasteiger partial charge on any atom is 0.387 e. The first-order valence-corrected chi connectivity index (χ1v) is 8.82. The van der Waals surface area contributed by atoms with Gasteiger partial charge in [-0.2, -0.15) is 8.78 Å². The molecule has 5 nitrogen and oxygen atoms in total. The molecule has 0 saturated heterocycles. The highest BCUT2D eigenvalue weighted by molar-refractivity contribution is 5.72. The Bertz CT molecular complexity index is 891. The SMILES string of the molecule is COc1cc(CN(Cc2nc3ccccc3o2)C2CC2)ccc1OC(F)F. The van der Waals surface area contributed by atoms with Crippen molar-refractivity contribution in [2.45, 2.75) is 38.6 Å². The number of aromatic nitrogens is 1. The Morgan fingerprint density at radius 1 is 1.15 bits per heavy atom. The lowest BCUT2D eigenvalue weighted by Crippen LogP contribution is -2.25. The van der Waals surface area contributed by atoms with Gasteiger partial charge in [0, 0.05) is 12.6 Å². The quantitative estimate of drug-likeness (QED) is 0.577. The van der Waals surface area contributed by atoms with Gasteiger partial charge in [-0.1, -0.05) is 18.2 Å². The van der Waals surface area contributed by atoms with Crippen molar-refractivity contribution in [1.82, 2.24) is 9.88 Å². The molecule has 0 bridgehead atoms. The molecule has 0 amide bonds. The topological polar surface area (TPSA) is 47.7 Å². The van der Waals surface area contributed by atoms with Crippen LogP contribution in [-0.4, -0.2) is 29.6 Å². The summed E-state index contributed by atoms with van der Waals surface area (Å²) >= 11 is 0. The summed E-state index contributed by atoms with van der Waals surface area (Å²) in [5.74, 6) is 1.01. The zero-order valence-electron chi connectivity index (χ0n) is 14.9. The average Bonchev–Trinajstić information content (AvgIpc) is 3.41. The lowest BCUT2D eigenvalue weighted by atomic mass is 10.2. The van der Waals surface area contributed by atoms with E-state index < -0.39 is 6.61 Å². The minimum Gasteiger partial charge on any atom is -0.493 e. The Labute approximate surface area is 155 Å². The molecule has 1 aliphatic rings. The summed E-state index contributed by atoms with van der Waals surface area (Å²) in [6, 6.07) is 13.2. The summed E-state index contributed by atoms with van der Waals surface area (Å²) in [4.78, 5) is 6.83. The largest absolute Gasteiger partial charge is 0.493 e. The van der Waals surface area contributed by atoms with Crippen LogP contribution < -0.4 is 9.47 Å². The van der Waals surface area contributed by atoms with Gasteiger partial charge in [0.15, 0.2) is 17.1 Å². The maximum absolute atomic E-state index is 12.5. The fraction of sp³-hybridized carbons (Fsp3) is 0.350. The molecule has 0 unspecified atom stereocenters. The summed E-state index contributed by atoms with van der Waals surface area (Å²) in [6.07, 6.45) is 2.26. The highest BCUT2D eigenvalue weighted by Crippen LogP contribution is 2.33. The van der Waals surface area contributed by atoms with Gasteiger partial charge in [-0.3, -0.25) is 4.90 Å². The van der Waals surface area contributed by atoms with E-state index in [2.05, 4.69) is 14.6 Å². The number of ether oxygens (including phenoxy) is 2. The fourth-order valence-corrected chi connectivity index (χ4v) is 3.15. The van der Waals surface area contributed by atoms with E-state index in [0.717, 1.165) is 29.5 Å². The van der Waals surface area contributed by atoms with E-state index in [4.69, 9.17) is 9.15 Å². The Morgan fingerprint density at radius 2 is 1.96 bits per heavy atom. The number of oxazole rings is 1.